The summed E-state index contributed by atoms with van der Waals surface area (Å²) in [7, 11) is 3.89. The van der Waals surface area contributed by atoms with Crippen molar-refractivity contribution in [2.45, 2.75) is 6.42 Å². The molecule has 0 saturated heterocycles. The Morgan fingerprint density at radius 1 is 1.53 bits per heavy atom. The van der Waals surface area contributed by atoms with Crippen molar-refractivity contribution in [2.75, 3.05) is 27.2 Å². The van der Waals surface area contributed by atoms with Crippen LogP contribution >= 0.6 is 0 Å². The van der Waals surface area contributed by atoms with Crippen LogP contribution in [0.3, 0.4) is 0 Å². The molecule has 1 aromatic heterocycles. The van der Waals surface area contributed by atoms with Gasteiger partial charge in [-0.1, -0.05) is 5.16 Å². The average molecular weight is 241 g/mol. The van der Waals surface area contributed by atoms with Gasteiger partial charge in [0, 0.05) is 12.6 Å². The quantitative estimate of drug-likeness (QED) is 0.683. The lowest BCUT2D eigenvalue weighted by Gasteiger charge is -2.08. The minimum atomic E-state index is -1.25. The van der Waals surface area contributed by atoms with Gasteiger partial charge in [0.1, 0.15) is 0 Å². The minimum Gasteiger partial charge on any atom is -0.475 e. The first-order valence-electron chi connectivity index (χ1n) is 5.13. The Hall–Kier alpha value is -1.89. The van der Waals surface area contributed by atoms with Gasteiger partial charge in [-0.15, -0.1) is 0 Å². The van der Waals surface area contributed by atoms with Crippen LogP contribution in [0, 0.1) is 0 Å². The van der Waals surface area contributed by atoms with E-state index in [1.807, 2.05) is 19.0 Å². The lowest BCUT2D eigenvalue weighted by molar-refractivity contribution is 0.0651. The van der Waals surface area contributed by atoms with Gasteiger partial charge in [0.25, 0.3) is 5.91 Å². The van der Waals surface area contributed by atoms with Gasteiger partial charge < -0.3 is 19.8 Å². The number of hydrogen-bond donors (Lipinski definition) is 2. The van der Waals surface area contributed by atoms with Crippen LogP contribution in [0.1, 0.15) is 27.5 Å². The standard InChI is InChI=1S/C10H15N3O4/c1-13(2)5-3-4-11-9(14)7-6-8(10(15)16)17-12-7/h6H,3-5H2,1-2H3,(H,11,14)(H,15,16). The van der Waals surface area contributed by atoms with E-state index >= 15 is 0 Å². The highest BCUT2D eigenvalue weighted by atomic mass is 16.5. The van der Waals surface area contributed by atoms with Gasteiger partial charge in [0.15, 0.2) is 5.69 Å². The van der Waals surface area contributed by atoms with Gasteiger partial charge in [-0.2, -0.15) is 0 Å². The Morgan fingerprint density at radius 3 is 2.76 bits per heavy atom. The fourth-order valence-electron chi connectivity index (χ4n) is 1.17. The van der Waals surface area contributed by atoms with Crippen LogP contribution in [0.5, 0.6) is 0 Å². The number of amides is 1. The number of carbonyl (C=O) groups is 2. The minimum absolute atomic E-state index is 0.0211. The van der Waals surface area contributed by atoms with Gasteiger partial charge in [0.2, 0.25) is 5.76 Å². The first kappa shape index (κ1) is 13.2. The van der Waals surface area contributed by atoms with Gasteiger partial charge in [-0.3, -0.25) is 4.79 Å². The second kappa shape index (κ2) is 6.00. The number of nitrogens with zero attached hydrogens (tertiary/aromatic N) is 2. The Labute approximate surface area is 98.4 Å². The van der Waals surface area contributed by atoms with Crippen molar-refractivity contribution in [1.29, 1.82) is 0 Å². The monoisotopic (exact) mass is 241 g/mol. The van der Waals surface area contributed by atoms with E-state index in [2.05, 4.69) is 15.0 Å². The summed E-state index contributed by atoms with van der Waals surface area (Å²) in [6, 6.07) is 1.10. The first-order valence-corrected chi connectivity index (χ1v) is 5.13. The molecule has 7 nitrogen and oxygen atoms in total. The molecule has 0 bridgehead atoms. The van der Waals surface area contributed by atoms with Crippen molar-refractivity contribution in [1.82, 2.24) is 15.4 Å². The van der Waals surface area contributed by atoms with Crippen LogP contribution in [-0.2, 0) is 0 Å². The summed E-state index contributed by atoms with van der Waals surface area (Å²) < 4.78 is 4.47. The molecular formula is C10H15N3O4. The first-order chi connectivity index (χ1) is 8.00. The fraction of sp³-hybridized carbons (Fsp3) is 0.500. The normalized spacial score (nSPS) is 10.5. The van der Waals surface area contributed by atoms with Crippen molar-refractivity contribution >= 4 is 11.9 Å². The van der Waals surface area contributed by atoms with Gasteiger partial charge in [-0.05, 0) is 27.1 Å². The Balaban J connectivity index is 2.39. The zero-order valence-electron chi connectivity index (χ0n) is 9.77. The summed E-state index contributed by atoms with van der Waals surface area (Å²) >= 11 is 0. The number of hydrogen-bond acceptors (Lipinski definition) is 5. The molecule has 0 atom stereocenters. The van der Waals surface area contributed by atoms with Crippen LogP contribution in [0.4, 0.5) is 0 Å². The van der Waals surface area contributed by atoms with E-state index in [4.69, 9.17) is 5.11 Å². The molecule has 1 rings (SSSR count). The van der Waals surface area contributed by atoms with Gasteiger partial charge in [0.05, 0.1) is 0 Å². The lowest BCUT2D eigenvalue weighted by atomic mass is 10.3. The van der Waals surface area contributed by atoms with E-state index in [-0.39, 0.29) is 11.5 Å². The molecule has 0 fully saturated rings. The number of nitrogens with one attached hydrogen (secondary N) is 1. The maximum absolute atomic E-state index is 11.5. The zero-order chi connectivity index (χ0) is 12.8. The fourth-order valence-corrected chi connectivity index (χ4v) is 1.17. The molecule has 17 heavy (non-hydrogen) atoms. The third-order valence-corrected chi connectivity index (χ3v) is 2.02. The van der Waals surface area contributed by atoms with E-state index < -0.39 is 11.9 Å². The maximum atomic E-state index is 11.5. The van der Waals surface area contributed by atoms with E-state index in [9.17, 15) is 9.59 Å². The molecule has 7 heteroatoms. The molecule has 0 aliphatic rings. The van der Waals surface area contributed by atoms with Crippen molar-refractivity contribution in [3.63, 3.8) is 0 Å². The molecule has 1 aromatic rings. The number of aromatic carboxylic acids is 1. The van der Waals surface area contributed by atoms with Crippen LogP contribution in [0.2, 0.25) is 0 Å². The van der Waals surface area contributed by atoms with Crippen molar-refractivity contribution in [3.05, 3.63) is 17.5 Å². The molecule has 0 unspecified atom stereocenters. The predicted molar refractivity (Wildman–Crippen MR) is 59.0 cm³/mol. The second-order valence-corrected chi connectivity index (χ2v) is 3.79. The van der Waals surface area contributed by atoms with E-state index in [1.165, 1.54) is 0 Å². The average Bonchev–Trinajstić information content (AvgIpc) is 2.73. The molecule has 0 aromatic carbocycles. The summed E-state index contributed by atoms with van der Waals surface area (Å²) in [5, 5.41) is 14.6. The summed E-state index contributed by atoms with van der Waals surface area (Å²) in [4.78, 5) is 24.0. The van der Waals surface area contributed by atoms with E-state index in [1.54, 1.807) is 0 Å². The van der Waals surface area contributed by atoms with Crippen LogP contribution in [-0.4, -0.2) is 54.2 Å². The van der Waals surface area contributed by atoms with Crippen LogP contribution < -0.4 is 5.32 Å². The van der Waals surface area contributed by atoms with Crippen molar-refractivity contribution < 1.29 is 19.2 Å². The van der Waals surface area contributed by atoms with Crippen LogP contribution in [0.15, 0.2) is 10.6 Å². The zero-order valence-corrected chi connectivity index (χ0v) is 9.77. The topological polar surface area (TPSA) is 95.7 Å². The molecule has 94 valence electrons. The van der Waals surface area contributed by atoms with Crippen LogP contribution in [0.25, 0.3) is 0 Å². The number of carbonyl (C=O) groups excluding carboxylic acids is 1. The molecule has 0 aliphatic carbocycles. The molecule has 0 spiro atoms. The Morgan fingerprint density at radius 2 is 2.24 bits per heavy atom. The predicted octanol–water partition coefficient (Wildman–Crippen LogP) is 0.0543. The highest BCUT2D eigenvalue weighted by molar-refractivity contribution is 5.94. The molecular weight excluding hydrogens is 226 g/mol. The summed E-state index contributed by atoms with van der Waals surface area (Å²) in [6.07, 6.45) is 0.808. The van der Waals surface area contributed by atoms with E-state index in [0.29, 0.717) is 6.54 Å². The number of rotatable bonds is 6. The Kier molecular flexibility index (Phi) is 4.65. The molecule has 0 saturated carbocycles. The van der Waals surface area contributed by atoms with Gasteiger partial charge >= 0.3 is 5.97 Å². The molecule has 1 heterocycles. The number of aromatic nitrogens is 1. The van der Waals surface area contributed by atoms with Crippen molar-refractivity contribution in [3.8, 4) is 0 Å². The lowest BCUT2D eigenvalue weighted by Crippen LogP contribution is -2.27. The molecule has 1 amide bonds. The number of carboxylic acid groups (broad SMARTS) is 1. The summed E-state index contributed by atoms with van der Waals surface area (Å²) in [6.45, 7) is 1.37. The summed E-state index contributed by atoms with van der Waals surface area (Å²) in [5.74, 6) is -2.02. The molecule has 0 aliphatic heterocycles. The highest BCUT2D eigenvalue weighted by Gasteiger charge is 2.15. The molecule has 2 N–H and O–H groups in total. The van der Waals surface area contributed by atoms with Gasteiger partial charge in [-0.25, -0.2) is 4.79 Å². The summed E-state index contributed by atoms with van der Waals surface area (Å²) in [5.41, 5.74) is -0.0211. The smallest absolute Gasteiger partial charge is 0.374 e. The third-order valence-electron chi connectivity index (χ3n) is 2.02. The third kappa shape index (κ3) is 4.23. The second-order valence-electron chi connectivity index (χ2n) is 3.79. The maximum Gasteiger partial charge on any atom is 0.374 e. The number of carboxylic acids is 1. The molecule has 0 radical (unpaired) electrons. The Bertz CT molecular complexity index is 400. The van der Waals surface area contributed by atoms with Crippen molar-refractivity contribution in [2.24, 2.45) is 0 Å². The highest BCUT2D eigenvalue weighted by Crippen LogP contribution is 2.03. The van der Waals surface area contributed by atoms with E-state index in [0.717, 1.165) is 19.0 Å². The largest absolute Gasteiger partial charge is 0.475 e. The SMILES string of the molecule is CN(C)CCCNC(=O)c1cc(C(=O)O)on1.